The largest absolute Gasteiger partial charge is 0.495 e. The molecular weight excluding hydrogens is 328 g/mol. The van der Waals surface area contributed by atoms with E-state index in [4.69, 9.17) is 4.74 Å². The maximum atomic E-state index is 12.0. The summed E-state index contributed by atoms with van der Waals surface area (Å²) < 4.78 is 7.36. The third-order valence-corrected chi connectivity index (χ3v) is 4.38. The molecule has 1 amide bonds. The molecule has 2 aromatic carbocycles. The molecule has 0 unspecified atom stereocenters. The first kappa shape index (κ1) is 17.5. The standard InChI is InChI=1S/C20H22N4O2/c1-14-16(15-8-4-6-10-18(15)24(14)2)12-22-23-20(25)13-21-17-9-5-7-11-19(17)26-3/h4-12,21H,13H2,1-3H3,(H,23,25)/b22-12+. The molecule has 1 heterocycles. The van der Waals surface area contributed by atoms with E-state index in [0.29, 0.717) is 5.75 Å². The van der Waals surface area contributed by atoms with Gasteiger partial charge in [-0.3, -0.25) is 4.79 Å². The lowest BCUT2D eigenvalue weighted by molar-refractivity contribution is -0.119. The molecule has 3 aromatic rings. The van der Waals surface area contributed by atoms with Gasteiger partial charge in [-0.1, -0.05) is 30.3 Å². The van der Waals surface area contributed by atoms with Crippen LogP contribution < -0.4 is 15.5 Å². The molecule has 0 radical (unpaired) electrons. The van der Waals surface area contributed by atoms with Crippen molar-refractivity contribution in [1.29, 1.82) is 0 Å². The summed E-state index contributed by atoms with van der Waals surface area (Å²) in [6.07, 6.45) is 1.69. The van der Waals surface area contributed by atoms with Crippen molar-refractivity contribution in [3.8, 4) is 5.75 Å². The van der Waals surface area contributed by atoms with Crippen LogP contribution in [0.25, 0.3) is 10.9 Å². The van der Waals surface area contributed by atoms with Crippen molar-refractivity contribution in [3.63, 3.8) is 0 Å². The maximum Gasteiger partial charge on any atom is 0.259 e. The van der Waals surface area contributed by atoms with Gasteiger partial charge in [0, 0.05) is 29.2 Å². The Morgan fingerprint density at radius 3 is 2.73 bits per heavy atom. The summed E-state index contributed by atoms with van der Waals surface area (Å²) >= 11 is 0. The molecule has 0 aliphatic carbocycles. The summed E-state index contributed by atoms with van der Waals surface area (Å²) in [5, 5.41) is 8.26. The number of hydrazone groups is 1. The molecule has 3 rings (SSSR count). The Hall–Kier alpha value is -3.28. The number of aryl methyl sites for hydroxylation is 1. The van der Waals surface area contributed by atoms with Crippen LogP contribution in [0.15, 0.2) is 53.6 Å². The zero-order valence-corrected chi connectivity index (χ0v) is 15.1. The van der Waals surface area contributed by atoms with Gasteiger partial charge in [0.2, 0.25) is 0 Å². The number of methoxy groups -OCH3 is 1. The molecule has 0 aliphatic heterocycles. The molecule has 0 spiro atoms. The van der Waals surface area contributed by atoms with Gasteiger partial charge in [-0.25, -0.2) is 5.43 Å². The maximum absolute atomic E-state index is 12.0. The summed E-state index contributed by atoms with van der Waals surface area (Å²) in [6.45, 7) is 2.14. The van der Waals surface area contributed by atoms with Crippen LogP contribution in [0.2, 0.25) is 0 Å². The van der Waals surface area contributed by atoms with Crippen LogP contribution >= 0.6 is 0 Å². The fourth-order valence-corrected chi connectivity index (χ4v) is 2.89. The van der Waals surface area contributed by atoms with Gasteiger partial charge in [-0.05, 0) is 25.1 Å². The summed E-state index contributed by atoms with van der Waals surface area (Å²) in [5.41, 5.74) is 6.55. The highest BCUT2D eigenvalue weighted by Crippen LogP contribution is 2.23. The van der Waals surface area contributed by atoms with Gasteiger partial charge >= 0.3 is 0 Å². The Labute approximate surface area is 152 Å². The number of nitrogens with zero attached hydrogens (tertiary/aromatic N) is 2. The minimum absolute atomic E-state index is 0.103. The molecule has 0 saturated carbocycles. The first-order valence-electron chi connectivity index (χ1n) is 8.34. The molecule has 0 bridgehead atoms. The predicted molar refractivity (Wildman–Crippen MR) is 105 cm³/mol. The van der Waals surface area contributed by atoms with Gasteiger partial charge in [0.05, 0.1) is 25.6 Å². The second-order valence-corrected chi connectivity index (χ2v) is 5.92. The highest BCUT2D eigenvalue weighted by Gasteiger charge is 2.09. The highest BCUT2D eigenvalue weighted by molar-refractivity contribution is 6.01. The molecular formula is C20H22N4O2. The van der Waals surface area contributed by atoms with E-state index in [2.05, 4.69) is 32.5 Å². The Kier molecular flexibility index (Phi) is 5.22. The molecule has 0 aliphatic rings. The fourth-order valence-electron chi connectivity index (χ4n) is 2.89. The van der Waals surface area contributed by atoms with Gasteiger partial charge in [-0.2, -0.15) is 5.10 Å². The van der Waals surface area contributed by atoms with E-state index in [1.165, 1.54) is 0 Å². The predicted octanol–water partition coefficient (Wildman–Crippen LogP) is 3.06. The molecule has 0 atom stereocenters. The minimum Gasteiger partial charge on any atom is -0.495 e. The van der Waals surface area contributed by atoms with Crippen molar-refractivity contribution in [2.24, 2.45) is 12.1 Å². The Balaban J connectivity index is 1.64. The number of para-hydroxylation sites is 3. The van der Waals surface area contributed by atoms with Crippen molar-refractivity contribution >= 4 is 28.7 Å². The molecule has 26 heavy (non-hydrogen) atoms. The number of fused-ring (bicyclic) bond motifs is 1. The molecule has 6 nitrogen and oxygen atoms in total. The number of amides is 1. The van der Waals surface area contributed by atoms with Crippen molar-refractivity contribution in [1.82, 2.24) is 9.99 Å². The Bertz CT molecular complexity index is 960. The lowest BCUT2D eigenvalue weighted by atomic mass is 10.1. The third-order valence-electron chi connectivity index (χ3n) is 4.38. The number of carbonyl (C=O) groups excluding carboxylic acids is 1. The third kappa shape index (κ3) is 3.54. The number of ether oxygens (including phenoxy) is 1. The van der Waals surface area contributed by atoms with E-state index < -0.39 is 0 Å². The molecule has 0 saturated heterocycles. The zero-order chi connectivity index (χ0) is 18.5. The second kappa shape index (κ2) is 7.74. The van der Waals surface area contributed by atoms with E-state index in [1.807, 2.05) is 50.4 Å². The molecule has 2 N–H and O–H groups in total. The van der Waals surface area contributed by atoms with Gasteiger partial charge in [0.15, 0.2) is 0 Å². The number of hydrogen-bond acceptors (Lipinski definition) is 4. The van der Waals surface area contributed by atoms with Crippen LogP contribution in [0, 0.1) is 6.92 Å². The topological polar surface area (TPSA) is 67.7 Å². The number of nitrogens with one attached hydrogen (secondary N) is 2. The van der Waals surface area contributed by atoms with E-state index in [-0.39, 0.29) is 12.5 Å². The smallest absolute Gasteiger partial charge is 0.259 e. The zero-order valence-electron chi connectivity index (χ0n) is 15.1. The SMILES string of the molecule is COc1ccccc1NCC(=O)N/N=C/c1c(C)n(C)c2ccccc12. The summed E-state index contributed by atoms with van der Waals surface area (Å²) in [4.78, 5) is 12.0. The van der Waals surface area contributed by atoms with Crippen LogP contribution in [0.3, 0.4) is 0 Å². The van der Waals surface area contributed by atoms with Crippen molar-refractivity contribution < 1.29 is 9.53 Å². The minimum atomic E-state index is -0.231. The van der Waals surface area contributed by atoms with Crippen LogP contribution in [-0.4, -0.2) is 30.3 Å². The molecule has 0 fully saturated rings. The highest BCUT2D eigenvalue weighted by atomic mass is 16.5. The summed E-state index contributed by atoms with van der Waals surface area (Å²) in [6, 6.07) is 15.6. The van der Waals surface area contributed by atoms with E-state index >= 15 is 0 Å². The van der Waals surface area contributed by atoms with Gasteiger partial charge < -0.3 is 14.6 Å². The molecule has 134 valence electrons. The quantitative estimate of drug-likeness (QED) is 0.530. The number of aromatic nitrogens is 1. The first-order valence-corrected chi connectivity index (χ1v) is 8.34. The lowest BCUT2D eigenvalue weighted by Crippen LogP contribution is -2.26. The van der Waals surface area contributed by atoms with Crippen LogP contribution in [-0.2, 0) is 11.8 Å². The normalized spacial score (nSPS) is 11.0. The van der Waals surface area contributed by atoms with Gasteiger partial charge in [-0.15, -0.1) is 0 Å². The molecule has 6 heteroatoms. The summed E-state index contributed by atoms with van der Waals surface area (Å²) in [7, 11) is 3.61. The van der Waals surface area contributed by atoms with E-state index in [9.17, 15) is 4.79 Å². The number of rotatable bonds is 6. The second-order valence-electron chi connectivity index (χ2n) is 5.92. The van der Waals surface area contributed by atoms with E-state index in [1.54, 1.807) is 13.3 Å². The van der Waals surface area contributed by atoms with Crippen LogP contribution in [0.5, 0.6) is 5.75 Å². The average Bonchev–Trinajstić information content (AvgIpc) is 2.91. The fraction of sp³-hybridized carbons (Fsp3) is 0.200. The van der Waals surface area contributed by atoms with Crippen molar-refractivity contribution in [3.05, 3.63) is 59.8 Å². The van der Waals surface area contributed by atoms with E-state index in [0.717, 1.165) is 27.8 Å². The van der Waals surface area contributed by atoms with Gasteiger partial charge in [0.25, 0.3) is 5.91 Å². The number of anilines is 1. The lowest BCUT2D eigenvalue weighted by Gasteiger charge is -2.09. The monoisotopic (exact) mass is 350 g/mol. The van der Waals surface area contributed by atoms with Crippen LogP contribution in [0.1, 0.15) is 11.3 Å². The number of carbonyl (C=O) groups is 1. The molecule has 1 aromatic heterocycles. The van der Waals surface area contributed by atoms with Crippen LogP contribution in [0.4, 0.5) is 5.69 Å². The van der Waals surface area contributed by atoms with Gasteiger partial charge in [0.1, 0.15) is 5.75 Å². The van der Waals surface area contributed by atoms with Crippen molar-refractivity contribution in [2.75, 3.05) is 19.0 Å². The van der Waals surface area contributed by atoms with Crippen molar-refractivity contribution in [2.45, 2.75) is 6.92 Å². The number of hydrogen-bond donors (Lipinski definition) is 2. The number of benzene rings is 2. The Morgan fingerprint density at radius 2 is 1.92 bits per heavy atom. The Morgan fingerprint density at radius 1 is 1.19 bits per heavy atom. The first-order chi connectivity index (χ1) is 12.6. The average molecular weight is 350 g/mol. The summed E-state index contributed by atoms with van der Waals surface area (Å²) in [5.74, 6) is 0.459.